The second-order valence-corrected chi connectivity index (χ2v) is 4.47. The van der Waals surface area contributed by atoms with E-state index in [0.717, 1.165) is 5.56 Å². The van der Waals surface area contributed by atoms with Crippen LogP contribution >= 0.6 is 0 Å². The SMILES string of the molecule is CN1CC(O)C(c2ccc(O)cc2)[C@H](O)C1. The Bertz CT molecular complexity index is 340. The highest BCUT2D eigenvalue weighted by atomic mass is 16.3. The highest BCUT2D eigenvalue weighted by Crippen LogP contribution is 2.29. The minimum atomic E-state index is -0.571. The van der Waals surface area contributed by atoms with Gasteiger partial charge in [0, 0.05) is 19.0 Å². The first-order valence-electron chi connectivity index (χ1n) is 5.41. The molecule has 0 amide bonds. The van der Waals surface area contributed by atoms with E-state index in [1.807, 2.05) is 11.9 Å². The third-order valence-corrected chi connectivity index (χ3v) is 3.10. The van der Waals surface area contributed by atoms with Crippen molar-refractivity contribution in [3.8, 4) is 5.75 Å². The van der Waals surface area contributed by atoms with Crippen molar-refractivity contribution >= 4 is 0 Å². The number of hydrogen-bond donors (Lipinski definition) is 3. The molecule has 0 aliphatic carbocycles. The number of phenolic OH excluding ortho intramolecular Hbond substituents is 1. The molecule has 0 radical (unpaired) electrons. The van der Waals surface area contributed by atoms with Crippen molar-refractivity contribution in [2.24, 2.45) is 0 Å². The van der Waals surface area contributed by atoms with Crippen LogP contribution in [0.25, 0.3) is 0 Å². The van der Waals surface area contributed by atoms with E-state index in [0.29, 0.717) is 13.1 Å². The number of likely N-dealkylation sites (tertiary alicyclic amines) is 1. The van der Waals surface area contributed by atoms with Crippen molar-refractivity contribution in [3.05, 3.63) is 29.8 Å². The molecule has 0 saturated carbocycles. The number of aromatic hydroxyl groups is 1. The zero-order valence-electron chi connectivity index (χ0n) is 9.24. The maximum atomic E-state index is 9.97. The fraction of sp³-hybridized carbons (Fsp3) is 0.500. The molecule has 1 aromatic carbocycles. The molecule has 1 aromatic rings. The summed E-state index contributed by atoms with van der Waals surface area (Å²) in [7, 11) is 1.87. The van der Waals surface area contributed by atoms with Crippen LogP contribution in [-0.4, -0.2) is 52.6 Å². The Hall–Kier alpha value is -1.10. The Labute approximate surface area is 94.8 Å². The van der Waals surface area contributed by atoms with E-state index in [-0.39, 0.29) is 11.7 Å². The van der Waals surface area contributed by atoms with Gasteiger partial charge in [0.05, 0.1) is 12.2 Å². The number of aliphatic hydroxyl groups is 2. The molecule has 1 aliphatic heterocycles. The standard InChI is InChI=1S/C12H17NO3/c1-13-6-10(15)12(11(16)7-13)8-2-4-9(14)5-3-8/h2-5,10-12,14-16H,6-7H2,1H3/t10-,11?,12?/m1/s1. The van der Waals surface area contributed by atoms with E-state index in [4.69, 9.17) is 0 Å². The third-order valence-electron chi connectivity index (χ3n) is 3.10. The summed E-state index contributed by atoms with van der Waals surface area (Å²) >= 11 is 0. The summed E-state index contributed by atoms with van der Waals surface area (Å²) in [6.07, 6.45) is -1.14. The van der Waals surface area contributed by atoms with E-state index in [1.165, 1.54) is 0 Å². The molecule has 1 aliphatic rings. The first-order valence-corrected chi connectivity index (χ1v) is 5.41. The van der Waals surface area contributed by atoms with Crippen molar-refractivity contribution in [1.82, 2.24) is 4.90 Å². The summed E-state index contributed by atoms with van der Waals surface area (Å²) in [5, 5.41) is 29.1. The van der Waals surface area contributed by atoms with Gasteiger partial charge >= 0.3 is 0 Å². The lowest BCUT2D eigenvalue weighted by Gasteiger charge is -2.37. The first kappa shape index (κ1) is 11.4. The smallest absolute Gasteiger partial charge is 0.115 e. The summed E-state index contributed by atoms with van der Waals surface area (Å²) in [6.45, 7) is 1.12. The number of piperidine rings is 1. The molecule has 1 saturated heterocycles. The zero-order chi connectivity index (χ0) is 11.7. The highest BCUT2D eigenvalue weighted by molar-refractivity contribution is 5.30. The first-order chi connectivity index (χ1) is 7.58. The molecule has 0 spiro atoms. The van der Waals surface area contributed by atoms with Crippen molar-refractivity contribution in [2.75, 3.05) is 20.1 Å². The van der Waals surface area contributed by atoms with Crippen LogP contribution in [-0.2, 0) is 0 Å². The number of aliphatic hydroxyl groups excluding tert-OH is 2. The van der Waals surface area contributed by atoms with Crippen LogP contribution in [0.1, 0.15) is 11.5 Å². The fourth-order valence-electron chi connectivity index (χ4n) is 2.34. The predicted molar refractivity (Wildman–Crippen MR) is 60.4 cm³/mol. The van der Waals surface area contributed by atoms with E-state index in [2.05, 4.69) is 0 Å². The molecule has 1 fully saturated rings. The molecule has 88 valence electrons. The van der Waals surface area contributed by atoms with Gasteiger partial charge in [0.1, 0.15) is 5.75 Å². The van der Waals surface area contributed by atoms with E-state index in [1.54, 1.807) is 24.3 Å². The minimum Gasteiger partial charge on any atom is -0.508 e. The van der Waals surface area contributed by atoms with Gasteiger partial charge in [-0.3, -0.25) is 0 Å². The molecule has 2 unspecified atom stereocenters. The molecule has 0 bridgehead atoms. The number of rotatable bonds is 1. The minimum absolute atomic E-state index is 0.195. The van der Waals surface area contributed by atoms with Gasteiger partial charge in [0.15, 0.2) is 0 Å². The number of nitrogens with zero attached hydrogens (tertiary/aromatic N) is 1. The van der Waals surface area contributed by atoms with Crippen LogP contribution in [0.4, 0.5) is 0 Å². The Morgan fingerprint density at radius 2 is 1.56 bits per heavy atom. The van der Waals surface area contributed by atoms with Gasteiger partial charge in [-0.05, 0) is 24.7 Å². The zero-order valence-corrected chi connectivity index (χ0v) is 9.24. The molecule has 3 N–H and O–H groups in total. The van der Waals surface area contributed by atoms with Crippen LogP contribution in [0, 0.1) is 0 Å². The van der Waals surface area contributed by atoms with Gasteiger partial charge in [0.25, 0.3) is 0 Å². The molecule has 0 aromatic heterocycles. The Morgan fingerprint density at radius 3 is 2.06 bits per heavy atom. The van der Waals surface area contributed by atoms with Crippen molar-refractivity contribution in [2.45, 2.75) is 18.1 Å². The molecule has 2 rings (SSSR count). The van der Waals surface area contributed by atoms with Gasteiger partial charge in [-0.15, -0.1) is 0 Å². The molecule has 16 heavy (non-hydrogen) atoms. The van der Waals surface area contributed by atoms with Gasteiger partial charge in [-0.25, -0.2) is 0 Å². The van der Waals surface area contributed by atoms with Gasteiger partial charge in [-0.2, -0.15) is 0 Å². The van der Waals surface area contributed by atoms with Crippen LogP contribution in [0.2, 0.25) is 0 Å². The lowest BCUT2D eigenvalue weighted by atomic mass is 9.85. The molecule has 4 nitrogen and oxygen atoms in total. The molecule has 1 heterocycles. The second-order valence-electron chi connectivity index (χ2n) is 4.47. The number of phenols is 1. The van der Waals surface area contributed by atoms with Gasteiger partial charge in [-0.1, -0.05) is 12.1 Å². The Balaban J connectivity index is 2.22. The molecular formula is C12H17NO3. The topological polar surface area (TPSA) is 63.9 Å². The highest BCUT2D eigenvalue weighted by Gasteiger charge is 2.34. The lowest BCUT2D eigenvalue weighted by Crippen LogP contribution is -2.49. The van der Waals surface area contributed by atoms with Crippen LogP contribution in [0.3, 0.4) is 0 Å². The largest absolute Gasteiger partial charge is 0.508 e. The van der Waals surface area contributed by atoms with E-state index >= 15 is 0 Å². The van der Waals surface area contributed by atoms with Crippen LogP contribution in [0.5, 0.6) is 5.75 Å². The van der Waals surface area contributed by atoms with Crippen molar-refractivity contribution in [1.29, 1.82) is 0 Å². The normalized spacial score (nSPS) is 31.6. The van der Waals surface area contributed by atoms with Crippen LogP contribution in [0.15, 0.2) is 24.3 Å². The fourth-order valence-corrected chi connectivity index (χ4v) is 2.34. The summed E-state index contributed by atoms with van der Waals surface area (Å²) in [5.41, 5.74) is 0.867. The summed E-state index contributed by atoms with van der Waals surface area (Å²) in [5.74, 6) is -0.0718. The second kappa shape index (κ2) is 4.41. The van der Waals surface area contributed by atoms with Crippen molar-refractivity contribution in [3.63, 3.8) is 0 Å². The van der Waals surface area contributed by atoms with E-state index in [9.17, 15) is 15.3 Å². The van der Waals surface area contributed by atoms with Crippen LogP contribution < -0.4 is 0 Å². The number of benzene rings is 1. The predicted octanol–water partition coefficient (Wildman–Crippen LogP) is 0.143. The summed E-state index contributed by atoms with van der Waals surface area (Å²) in [6, 6.07) is 6.65. The number of likely N-dealkylation sites (N-methyl/N-ethyl adjacent to an activating group) is 1. The Kier molecular flexibility index (Phi) is 3.14. The quantitative estimate of drug-likeness (QED) is 0.634. The van der Waals surface area contributed by atoms with Gasteiger partial charge < -0.3 is 20.2 Å². The summed E-state index contributed by atoms with van der Waals surface area (Å²) in [4.78, 5) is 1.91. The van der Waals surface area contributed by atoms with Crippen molar-refractivity contribution < 1.29 is 15.3 Å². The third kappa shape index (κ3) is 2.19. The average Bonchev–Trinajstić information content (AvgIpc) is 2.19. The monoisotopic (exact) mass is 223 g/mol. The maximum absolute atomic E-state index is 9.97. The maximum Gasteiger partial charge on any atom is 0.115 e. The number of β-amino-alcohol motifs (C(OH)–C–C–N with tert-alkyl or cyclic N) is 2. The summed E-state index contributed by atoms with van der Waals surface area (Å²) < 4.78 is 0. The average molecular weight is 223 g/mol. The molecule has 4 heteroatoms. The molecular weight excluding hydrogens is 206 g/mol. The van der Waals surface area contributed by atoms with E-state index < -0.39 is 12.2 Å². The number of hydrogen-bond acceptors (Lipinski definition) is 4. The molecule has 3 atom stereocenters. The lowest BCUT2D eigenvalue weighted by molar-refractivity contribution is -0.0204. The Morgan fingerprint density at radius 1 is 1.06 bits per heavy atom. The van der Waals surface area contributed by atoms with Gasteiger partial charge in [0.2, 0.25) is 0 Å².